The maximum absolute atomic E-state index is 11.3. The quantitative estimate of drug-likeness (QED) is 0.680. The number of likely N-dealkylation sites (tertiary alicyclic amines) is 1. The molecule has 1 saturated heterocycles. The van der Waals surface area contributed by atoms with E-state index in [2.05, 4.69) is 4.98 Å². The molecule has 3 heterocycles. The van der Waals surface area contributed by atoms with Crippen LogP contribution in [-0.4, -0.2) is 28.9 Å². The first-order chi connectivity index (χ1) is 8.21. The monoisotopic (exact) mass is 232 g/mol. The molecular formula is C13H16N2O2. The van der Waals surface area contributed by atoms with Gasteiger partial charge in [0.25, 0.3) is 0 Å². The van der Waals surface area contributed by atoms with Crippen LogP contribution in [0.5, 0.6) is 0 Å². The molecule has 0 radical (unpaired) electrons. The van der Waals surface area contributed by atoms with E-state index >= 15 is 0 Å². The molecule has 1 spiro atoms. The molecule has 1 amide bonds. The molecule has 4 nitrogen and oxygen atoms in total. The van der Waals surface area contributed by atoms with Gasteiger partial charge >= 0.3 is 0 Å². The average molecular weight is 232 g/mol. The Bertz CT molecular complexity index is 450. The van der Waals surface area contributed by atoms with E-state index in [1.54, 1.807) is 6.92 Å². The van der Waals surface area contributed by atoms with Crippen molar-refractivity contribution in [1.29, 1.82) is 0 Å². The first-order valence-electron chi connectivity index (χ1n) is 6.04. The number of nitrogens with zero attached hydrogens (tertiary/aromatic N) is 2. The Labute approximate surface area is 101 Å². The van der Waals surface area contributed by atoms with Gasteiger partial charge in [-0.2, -0.15) is 0 Å². The van der Waals surface area contributed by atoms with E-state index in [0.717, 1.165) is 25.9 Å². The normalized spacial score (nSPS) is 21.6. The van der Waals surface area contributed by atoms with Crippen LogP contribution in [0.4, 0.5) is 0 Å². The Morgan fingerprint density at radius 1 is 1.47 bits per heavy atom. The minimum Gasteiger partial charge on any atom is -0.365 e. The van der Waals surface area contributed by atoms with Crippen molar-refractivity contribution in [3.63, 3.8) is 0 Å². The van der Waals surface area contributed by atoms with Gasteiger partial charge in [-0.1, -0.05) is 0 Å². The summed E-state index contributed by atoms with van der Waals surface area (Å²) in [7, 11) is 0. The summed E-state index contributed by atoms with van der Waals surface area (Å²) in [5.41, 5.74) is 2.29. The Balaban J connectivity index is 1.85. The van der Waals surface area contributed by atoms with Gasteiger partial charge in [0.1, 0.15) is 0 Å². The van der Waals surface area contributed by atoms with E-state index < -0.39 is 0 Å². The van der Waals surface area contributed by atoms with Crippen molar-refractivity contribution >= 4 is 5.91 Å². The van der Waals surface area contributed by atoms with Crippen LogP contribution in [0.25, 0.3) is 0 Å². The van der Waals surface area contributed by atoms with Gasteiger partial charge in [0.05, 0.1) is 12.2 Å². The second-order valence-corrected chi connectivity index (χ2v) is 4.82. The van der Waals surface area contributed by atoms with E-state index in [1.807, 2.05) is 23.4 Å². The molecule has 4 heteroatoms. The summed E-state index contributed by atoms with van der Waals surface area (Å²) < 4.78 is 6.00. The van der Waals surface area contributed by atoms with E-state index in [9.17, 15) is 4.79 Å². The molecule has 3 rings (SSSR count). The zero-order chi connectivity index (χ0) is 11.9. The highest BCUT2D eigenvalue weighted by Crippen LogP contribution is 2.43. The molecule has 0 N–H and O–H groups in total. The van der Waals surface area contributed by atoms with Crippen LogP contribution in [0, 0.1) is 0 Å². The van der Waals surface area contributed by atoms with Crippen molar-refractivity contribution in [2.24, 2.45) is 0 Å². The molecule has 0 aliphatic carbocycles. The third kappa shape index (κ3) is 1.63. The van der Waals surface area contributed by atoms with Crippen LogP contribution >= 0.6 is 0 Å². The van der Waals surface area contributed by atoms with Gasteiger partial charge < -0.3 is 9.64 Å². The SMILES string of the molecule is CC(=O)N1CCC2(CC1)OCc1ccncc12. The molecule has 17 heavy (non-hydrogen) atoms. The van der Waals surface area contributed by atoms with E-state index in [4.69, 9.17) is 4.74 Å². The van der Waals surface area contributed by atoms with Crippen molar-refractivity contribution in [1.82, 2.24) is 9.88 Å². The predicted molar refractivity (Wildman–Crippen MR) is 62.2 cm³/mol. The number of piperidine rings is 1. The standard InChI is InChI=1S/C13H16N2O2/c1-10(16)15-6-3-13(4-7-15)12-8-14-5-2-11(12)9-17-13/h2,5,8H,3-4,6-7,9H2,1H3. The zero-order valence-corrected chi connectivity index (χ0v) is 9.98. The Hall–Kier alpha value is -1.42. The lowest BCUT2D eigenvalue weighted by molar-refractivity contribution is -0.136. The Morgan fingerprint density at radius 2 is 2.24 bits per heavy atom. The van der Waals surface area contributed by atoms with Gasteiger partial charge in [-0.05, 0) is 24.5 Å². The first kappa shape index (κ1) is 10.7. The molecule has 1 fully saturated rings. The number of ether oxygens (including phenoxy) is 1. The summed E-state index contributed by atoms with van der Waals surface area (Å²) in [4.78, 5) is 17.4. The number of pyridine rings is 1. The van der Waals surface area contributed by atoms with Gasteiger partial charge in [0.2, 0.25) is 5.91 Å². The average Bonchev–Trinajstić information content (AvgIpc) is 2.70. The number of aromatic nitrogens is 1. The minimum absolute atomic E-state index is 0.157. The molecule has 0 aromatic carbocycles. The fourth-order valence-corrected chi connectivity index (χ4v) is 2.85. The molecule has 90 valence electrons. The fraction of sp³-hybridized carbons (Fsp3) is 0.538. The molecule has 0 unspecified atom stereocenters. The van der Waals surface area contributed by atoms with Crippen molar-refractivity contribution in [3.8, 4) is 0 Å². The summed E-state index contributed by atoms with van der Waals surface area (Å²) in [5, 5.41) is 0. The fourth-order valence-electron chi connectivity index (χ4n) is 2.85. The highest BCUT2D eigenvalue weighted by atomic mass is 16.5. The van der Waals surface area contributed by atoms with Crippen LogP contribution in [0.3, 0.4) is 0 Å². The molecular weight excluding hydrogens is 216 g/mol. The van der Waals surface area contributed by atoms with Crippen LogP contribution in [0.15, 0.2) is 18.5 Å². The lowest BCUT2D eigenvalue weighted by Gasteiger charge is -2.38. The maximum Gasteiger partial charge on any atom is 0.219 e. The second kappa shape index (κ2) is 3.81. The van der Waals surface area contributed by atoms with Crippen LogP contribution in [0.1, 0.15) is 30.9 Å². The van der Waals surface area contributed by atoms with Gasteiger partial charge in [-0.15, -0.1) is 0 Å². The molecule has 0 saturated carbocycles. The minimum atomic E-state index is -0.185. The highest BCUT2D eigenvalue weighted by molar-refractivity contribution is 5.73. The number of fused-ring (bicyclic) bond motifs is 2. The number of hydrogen-bond donors (Lipinski definition) is 0. The summed E-state index contributed by atoms with van der Waals surface area (Å²) in [6, 6.07) is 2.03. The van der Waals surface area contributed by atoms with Crippen molar-refractivity contribution < 1.29 is 9.53 Å². The van der Waals surface area contributed by atoms with Crippen LogP contribution < -0.4 is 0 Å². The third-order valence-corrected chi connectivity index (χ3v) is 3.92. The lowest BCUT2D eigenvalue weighted by atomic mass is 9.85. The van der Waals surface area contributed by atoms with Gasteiger partial charge in [-0.3, -0.25) is 9.78 Å². The smallest absolute Gasteiger partial charge is 0.219 e. The third-order valence-electron chi connectivity index (χ3n) is 3.92. The molecule has 2 aliphatic rings. The van der Waals surface area contributed by atoms with Gasteiger partial charge in [-0.25, -0.2) is 0 Å². The number of carbonyl (C=O) groups excluding carboxylic acids is 1. The second-order valence-electron chi connectivity index (χ2n) is 4.82. The Morgan fingerprint density at radius 3 is 2.94 bits per heavy atom. The summed E-state index contributed by atoms with van der Waals surface area (Å²) >= 11 is 0. The number of amides is 1. The van der Waals surface area contributed by atoms with Gasteiger partial charge in [0.15, 0.2) is 0 Å². The van der Waals surface area contributed by atoms with Crippen LogP contribution in [-0.2, 0) is 21.7 Å². The predicted octanol–water partition coefficient (Wildman–Crippen LogP) is 1.45. The molecule has 0 atom stereocenters. The molecule has 1 aromatic heterocycles. The lowest BCUT2D eigenvalue weighted by Crippen LogP contribution is -2.44. The highest BCUT2D eigenvalue weighted by Gasteiger charge is 2.43. The summed E-state index contributed by atoms with van der Waals surface area (Å²) in [6.45, 7) is 3.87. The molecule has 0 bridgehead atoms. The van der Waals surface area contributed by atoms with Gasteiger partial charge in [0, 0.05) is 38.0 Å². The van der Waals surface area contributed by atoms with Crippen molar-refractivity contribution in [2.45, 2.75) is 32.0 Å². The Kier molecular flexibility index (Phi) is 2.40. The largest absolute Gasteiger partial charge is 0.365 e. The summed E-state index contributed by atoms with van der Waals surface area (Å²) in [5.74, 6) is 0.157. The molecule has 2 aliphatic heterocycles. The maximum atomic E-state index is 11.3. The first-order valence-corrected chi connectivity index (χ1v) is 6.04. The molecule has 1 aromatic rings. The zero-order valence-electron chi connectivity index (χ0n) is 9.98. The van der Waals surface area contributed by atoms with Crippen molar-refractivity contribution in [3.05, 3.63) is 29.6 Å². The number of rotatable bonds is 0. The topological polar surface area (TPSA) is 42.4 Å². The van der Waals surface area contributed by atoms with E-state index in [0.29, 0.717) is 6.61 Å². The number of hydrogen-bond acceptors (Lipinski definition) is 3. The van der Waals surface area contributed by atoms with Crippen molar-refractivity contribution in [2.75, 3.05) is 13.1 Å². The van der Waals surface area contributed by atoms with E-state index in [-0.39, 0.29) is 11.5 Å². The van der Waals surface area contributed by atoms with E-state index in [1.165, 1.54) is 11.1 Å². The number of carbonyl (C=O) groups is 1. The van der Waals surface area contributed by atoms with Crippen LogP contribution in [0.2, 0.25) is 0 Å². The summed E-state index contributed by atoms with van der Waals surface area (Å²) in [6.07, 6.45) is 5.49.